The Kier molecular flexibility index (Phi) is 4.70. The topological polar surface area (TPSA) is 47.2 Å². The quantitative estimate of drug-likeness (QED) is 0.628. The van der Waals surface area contributed by atoms with Gasteiger partial charge in [-0.3, -0.25) is 9.47 Å². The van der Waals surface area contributed by atoms with Crippen molar-refractivity contribution in [3.8, 4) is 5.69 Å². The molecule has 1 atom stereocenters. The Morgan fingerprint density at radius 3 is 2.41 bits per heavy atom. The van der Waals surface area contributed by atoms with E-state index in [9.17, 15) is 8.42 Å². The number of hydrogen-bond acceptors (Lipinski definition) is 4. The highest BCUT2D eigenvalue weighted by Gasteiger charge is 2.31. The lowest BCUT2D eigenvalue weighted by Gasteiger charge is -2.23. The van der Waals surface area contributed by atoms with E-state index < -0.39 is 9.84 Å². The second-order valence-electron chi connectivity index (χ2n) is 7.33. The zero-order chi connectivity index (χ0) is 19.2. The first-order valence-electron chi connectivity index (χ1n) is 9.04. The third-order valence-electron chi connectivity index (χ3n) is 5.32. The first kappa shape index (κ1) is 18.4. The summed E-state index contributed by atoms with van der Waals surface area (Å²) in [4.78, 5) is 2.10. The molecule has 1 saturated heterocycles. The maximum atomic E-state index is 11.8. The van der Waals surface area contributed by atoms with Gasteiger partial charge in [0.2, 0.25) is 0 Å². The van der Waals surface area contributed by atoms with Crippen molar-refractivity contribution in [3.63, 3.8) is 0 Å². The second-order valence-corrected chi connectivity index (χ2v) is 9.92. The molecule has 0 radical (unpaired) electrons. The van der Waals surface area contributed by atoms with Crippen molar-refractivity contribution in [2.45, 2.75) is 26.1 Å². The van der Waals surface area contributed by atoms with E-state index in [2.05, 4.69) is 57.4 Å². The van der Waals surface area contributed by atoms with Crippen LogP contribution in [-0.2, 0) is 16.5 Å². The molecule has 27 heavy (non-hydrogen) atoms. The molecule has 1 fully saturated rings. The third kappa shape index (κ3) is 3.47. The lowest BCUT2D eigenvalue weighted by atomic mass is 10.2. The SMILES string of the molecule is Cc1ccc(-n2c(=S)n(CN(C)C3CCS(=O)(=O)C3)c3ccccc32)cc1. The lowest BCUT2D eigenvalue weighted by Crippen LogP contribution is -2.34. The summed E-state index contributed by atoms with van der Waals surface area (Å²) in [5.41, 5.74) is 4.34. The van der Waals surface area contributed by atoms with Gasteiger partial charge in [0.25, 0.3) is 0 Å². The summed E-state index contributed by atoms with van der Waals surface area (Å²) >= 11 is 5.83. The molecule has 0 saturated carbocycles. The monoisotopic (exact) mass is 401 g/mol. The predicted octanol–water partition coefficient (Wildman–Crippen LogP) is 3.55. The normalized spacial score (nSPS) is 19.1. The van der Waals surface area contributed by atoms with Gasteiger partial charge in [0.1, 0.15) is 0 Å². The number of benzene rings is 2. The van der Waals surface area contributed by atoms with Gasteiger partial charge in [-0.15, -0.1) is 0 Å². The highest BCUT2D eigenvalue weighted by molar-refractivity contribution is 7.91. The Hall–Kier alpha value is -1.96. The molecule has 0 amide bonds. The summed E-state index contributed by atoms with van der Waals surface area (Å²) in [6.07, 6.45) is 0.683. The number of sulfone groups is 1. The molecule has 5 nitrogen and oxygen atoms in total. The van der Waals surface area contributed by atoms with E-state index >= 15 is 0 Å². The number of rotatable bonds is 4. The lowest BCUT2D eigenvalue weighted by molar-refractivity contribution is 0.210. The fourth-order valence-corrected chi connectivity index (χ4v) is 5.91. The molecule has 1 aromatic heterocycles. The van der Waals surface area contributed by atoms with Crippen LogP contribution in [0.15, 0.2) is 48.5 Å². The number of nitrogens with zero attached hydrogens (tertiary/aromatic N) is 3. The highest BCUT2D eigenvalue weighted by Crippen LogP contribution is 2.24. The number of aryl methyl sites for hydroxylation is 1. The molecule has 142 valence electrons. The Morgan fingerprint density at radius 2 is 1.78 bits per heavy atom. The van der Waals surface area contributed by atoms with Gasteiger partial charge < -0.3 is 4.57 Å². The third-order valence-corrected chi connectivity index (χ3v) is 7.48. The van der Waals surface area contributed by atoms with Crippen molar-refractivity contribution < 1.29 is 8.42 Å². The van der Waals surface area contributed by atoms with Crippen molar-refractivity contribution in [2.75, 3.05) is 18.6 Å². The minimum absolute atomic E-state index is 0.0402. The fraction of sp³-hybridized carbons (Fsp3) is 0.350. The van der Waals surface area contributed by atoms with Crippen molar-refractivity contribution in [1.82, 2.24) is 14.0 Å². The predicted molar refractivity (Wildman–Crippen MR) is 112 cm³/mol. The summed E-state index contributed by atoms with van der Waals surface area (Å²) in [6, 6.07) is 16.5. The molecule has 0 spiro atoms. The molecular weight excluding hydrogens is 378 g/mol. The Morgan fingerprint density at radius 1 is 1.11 bits per heavy atom. The molecule has 0 N–H and O–H groups in total. The Bertz CT molecular complexity index is 1140. The highest BCUT2D eigenvalue weighted by atomic mass is 32.2. The maximum Gasteiger partial charge on any atom is 0.186 e. The standard InChI is InChI=1S/C20H23N3O2S2/c1-15-7-9-16(10-8-15)23-19-6-4-3-5-18(19)22(20(23)26)14-21(2)17-11-12-27(24,25)13-17/h3-10,17H,11-14H2,1-2H3. The van der Waals surface area contributed by atoms with Crippen LogP contribution in [-0.4, -0.2) is 47.0 Å². The second kappa shape index (κ2) is 6.89. The number of fused-ring (bicyclic) bond motifs is 1. The van der Waals surface area contributed by atoms with E-state index in [1.165, 1.54) is 5.56 Å². The van der Waals surface area contributed by atoms with Gasteiger partial charge in [0, 0.05) is 11.7 Å². The molecule has 2 heterocycles. The van der Waals surface area contributed by atoms with Gasteiger partial charge >= 0.3 is 0 Å². The summed E-state index contributed by atoms with van der Waals surface area (Å²) in [5, 5.41) is 0. The minimum Gasteiger partial charge on any atom is -0.303 e. The molecule has 4 rings (SSSR count). The van der Waals surface area contributed by atoms with Crippen LogP contribution in [0.5, 0.6) is 0 Å². The van der Waals surface area contributed by atoms with E-state index in [1.54, 1.807) is 0 Å². The van der Waals surface area contributed by atoms with E-state index in [0.29, 0.717) is 17.9 Å². The average molecular weight is 402 g/mol. The van der Waals surface area contributed by atoms with Gasteiger partial charge in [-0.2, -0.15) is 0 Å². The molecule has 2 aromatic carbocycles. The van der Waals surface area contributed by atoms with E-state index in [1.807, 2.05) is 19.2 Å². The Labute approximate surface area is 164 Å². The molecule has 0 bridgehead atoms. The van der Waals surface area contributed by atoms with Crippen LogP contribution < -0.4 is 0 Å². The maximum absolute atomic E-state index is 11.8. The largest absolute Gasteiger partial charge is 0.303 e. The van der Waals surface area contributed by atoms with Crippen LogP contribution in [0.4, 0.5) is 0 Å². The zero-order valence-electron chi connectivity index (χ0n) is 15.5. The van der Waals surface area contributed by atoms with Crippen LogP contribution in [0, 0.1) is 11.7 Å². The number of hydrogen-bond donors (Lipinski definition) is 0. The first-order chi connectivity index (χ1) is 12.9. The number of imidazole rings is 1. The van der Waals surface area contributed by atoms with Gasteiger partial charge in [-0.05, 0) is 56.9 Å². The van der Waals surface area contributed by atoms with E-state index in [0.717, 1.165) is 16.7 Å². The van der Waals surface area contributed by atoms with Crippen molar-refractivity contribution >= 4 is 33.1 Å². The van der Waals surface area contributed by atoms with Crippen LogP contribution in [0.2, 0.25) is 0 Å². The summed E-state index contributed by atoms with van der Waals surface area (Å²) in [5.74, 6) is 0.506. The van der Waals surface area contributed by atoms with Gasteiger partial charge in [0.05, 0.1) is 29.2 Å². The van der Waals surface area contributed by atoms with Gasteiger partial charge in [0.15, 0.2) is 14.6 Å². The molecule has 1 aliphatic rings. The number of aromatic nitrogens is 2. The fourth-order valence-electron chi connectivity index (χ4n) is 3.75. The number of para-hydroxylation sites is 2. The molecule has 0 aliphatic carbocycles. The molecule has 7 heteroatoms. The van der Waals surface area contributed by atoms with Crippen LogP contribution in [0.3, 0.4) is 0 Å². The molecule has 1 aliphatic heterocycles. The molecule has 1 unspecified atom stereocenters. The summed E-state index contributed by atoms with van der Waals surface area (Å²) in [6.45, 7) is 2.63. The summed E-state index contributed by atoms with van der Waals surface area (Å²) in [7, 11) is -0.932. The first-order valence-corrected chi connectivity index (χ1v) is 11.3. The zero-order valence-corrected chi connectivity index (χ0v) is 17.1. The van der Waals surface area contributed by atoms with Crippen LogP contribution >= 0.6 is 12.2 Å². The smallest absolute Gasteiger partial charge is 0.186 e. The van der Waals surface area contributed by atoms with Gasteiger partial charge in [-0.1, -0.05) is 29.8 Å². The average Bonchev–Trinajstić information content (AvgIpc) is 3.14. The van der Waals surface area contributed by atoms with Crippen LogP contribution in [0.25, 0.3) is 16.7 Å². The van der Waals surface area contributed by atoms with Gasteiger partial charge in [-0.25, -0.2) is 8.42 Å². The van der Waals surface area contributed by atoms with E-state index in [4.69, 9.17) is 12.2 Å². The van der Waals surface area contributed by atoms with E-state index in [-0.39, 0.29) is 17.5 Å². The van der Waals surface area contributed by atoms with Crippen molar-refractivity contribution in [3.05, 3.63) is 58.9 Å². The van der Waals surface area contributed by atoms with Crippen molar-refractivity contribution in [1.29, 1.82) is 0 Å². The Balaban J connectivity index is 1.77. The van der Waals surface area contributed by atoms with Crippen molar-refractivity contribution in [2.24, 2.45) is 0 Å². The molecule has 3 aromatic rings. The van der Waals surface area contributed by atoms with Crippen LogP contribution in [0.1, 0.15) is 12.0 Å². The summed E-state index contributed by atoms with van der Waals surface area (Å²) < 4.78 is 28.6. The molecular formula is C20H23N3O2S2. The minimum atomic E-state index is -2.91.